The molecule has 1 aliphatic rings. The van der Waals surface area contributed by atoms with E-state index in [-0.39, 0.29) is 4.91 Å². The summed E-state index contributed by atoms with van der Waals surface area (Å²) in [6.07, 6.45) is 1.43. The predicted octanol–water partition coefficient (Wildman–Crippen LogP) is 5.42. The summed E-state index contributed by atoms with van der Waals surface area (Å²) in [6.45, 7) is -0.470. The number of rotatable bonds is 6. The maximum Gasteiger partial charge on any atom is 0.294 e. The van der Waals surface area contributed by atoms with Crippen molar-refractivity contribution in [3.05, 3.63) is 76.1 Å². The number of imide groups is 1. The van der Waals surface area contributed by atoms with Gasteiger partial charge in [-0.05, 0) is 66.4 Å². The van der Waals surface area contributed by atoms with Gasteiger partial charge in [-0.2, -0.15) is 0 Å². The quantitative estimate of drug-likeness (QED) is 0.468. The third-order valence-electron chi connectivity index (χ3n) is 4.63. The summed E-state index contributed by atoms with van der Waals surface area (Å²) in [5.74, 6) is -0.269. The minimum absolute atomic E-state index is 0.119. The van der Waals surface area contributed by atoms with Crippen LogP contribution < -0.4 is 10.1 Å². The molecule has 4 rings (SSSR count). The molecule has 0 aliphatic carbocycles. The lowest BCUT2D eigenvalue weighted by Gasteiger charge is -2.12. The number of carbonyl (C=O) groups is 3. The molecule has 3 amide bonds. The van der Waals surface area contributed by atoms with Gasteiger partial charge in [-0.1, -0.05) is 11.6 Å². The summed E-state index contributed by atoms with van der Waals surface area (Å²) in [4.78, 5) is 38.2. The van der Waals surface area contributed by atoms with Gasteiger partial charge < -0.3 is 14.5 Å². The number of hydrogen-bond acceptors (Lipinski definition) is 6. The van der Waals surface area contributed by atoms with E-state index in [0.717, 1.165) is 4.90 Å². The van der Waals surface area contributed by atoms with E-state index >= 15 is 0 Å². The molecule has 0 atom stereocenters. The monoisotopic (exact) mass is 486 g/mol. The first-order valence-corrected chi connectivity index (χ1v) is 10.8. The lowest BCUT2D eigenvalue weighted by atomic mass is 10.1. The van der Waals surface area contributed by atoms with Crippen LogP contribution in [0.1, 0.15) is 5.76 Å². The lowest BCUT2D eigenvalue weighted by molar-refractivity contribution is -0.127. The van der Waals surface area contributed by atoms with Crippen molar-refractivity contribution in [3.8, 4) is 17.1 Å². The van der Waals surface area contributed by atoms with Gasteiger partial charge in [0.25, 0.3) is 11.1 Å². The summed E-state index contributed by atoms with van der Waals surface area (Å²) in [6, 6.07) is 13.6. The fourth-order valence-corrected chi connectivity index (χ4v) is 4.08. The fraction of sp³-hybridized carbons (Fsp3) is 0.0870. The van der Waals surface area contributed by atoms with Gasteiger partial charge in [-0.3, -0.25) is 19.3 Å². The van der Waals surface area contributed by atoms with E-state index in [1.807, 2.05) is 0 Å². The second-order valence-electron chi connectivity index (χ2n) is 6.87. The van der Waals surface area contributed by atoms with Crippen molar-refractivity contribution in [1.82, 2.24) is 4.90 Å². The molecule has 1 N–H and O–H groups in total. The zero-order chi connectivity index (χ0) is 23.5. The van der Waals surface area contributed by atoms with Crippen LogP contribution in [0.2, 0.25) is 5.02 Å². The number of nitrogens with one attached hydrogen (secondary N) is 1. The van der Waals surface area contributed by atoms with E-state index in [1.54, 1.807) is 30.3 Å². The molecule has 1 aromatic heterocycles. The topological polar surface area (TPSA) is 88.9 Å². The number of ether oxygens (including phenoxy) is 1. The molecule has 0 spiro atoms. The number of amides is 3. The van der Waals surface area contributed by atoms with Gasteiger partial charge in [0.1, 0.15) is 29.6 Å². The molecule has 2 heterocycles. The molecular formula is C23H16ClFN2O5S. The zero-order valence-corrected chi connectivity index (χ0v) is 18.7. The summed E-state index contributed by atoms with van der Waals surface area (Å²) < 4.78 is 24.1. The van der Waals surface area contributed by atoms with Crippen LogP contribution in [0.25, 0.3) is 17.4 Å². The van der Waals surface area contributed by atoms with E-state index in [0.29, 0.717) is 45.3 Å². The summed E-state index contributed by atoms with van der Waals surface area (Å²) in [7, 11) is 1.53. The zero-order valence-electron chi connectivity index (χ0n) is 17.1. The second kappa shape index (κ2) is 9.51. The molecule has 1 aliphatic heterocycles. The van der Waals surface area contributed by atoms with E-state index in [4.69, 9.17) is 20.8 Å². The average Bonchev–Trinajstić information content (AvgIpc) is 3.35. The summed E-state index contributed by atoms with van der Waals surface area (Å²) in [5.41, 5.74) is 0.985. The van der Waals surface area contributed by atoms with E-state index in [2.05, 4.69) is 5.32 Å². The number of furan rings is 1. The largest absolute Gasteiger partial charge is 0.496 e. The maximum atomic E-state index is 13.0. The van der Waals surface area contributed by atoms with Gasteiger partial charge in [0.15, 0.2) is 0 Å². The number of halogens is 2. The van der Waals surface area contributed by atoms with Crippen molar-refractivity contribution in [2.75, 3.05) is 19.0 Å². The predicted molar refractivity (Wildman–Crippen MR) is 123 cm³/mol. The van der Waals surface area contributed by atoms with Crippen LogP contribution in [-0.4, -0.2) is 35.6 Å². The molecule has 168 valence electrons. The molecule has 1 fully saturated rings. The molecule has 3 aromatic rings. The van der Waals surface area contributed by atoms with Gasteiger partial charge >= 0.3 is 0 Å². The highest BCUT2D eigenvalue weighted by Gasteiger charge is 2.36. The number of methoxy groups -OCH3 is 1. The third-order valence-corrected chi connectivity index (χ3v) is 5.77. The molecule has 2 aromatic carbocycles. The van der Waals surface area contributed by atoms with Crippen molar-refractivity contribution >= 4 is 52.2 Å². The van der Waals surface area contributed by atoms with Crippen LogP contribution >= 0.6 is 23.4 Å². The number of nitrogens with zero attached hydrogens (tertiary/aromatic N) is 1. The Labute approximate surface area is 197 Å². The van der Waals surface area contributed by atoms with Gasteiger partial charge in [0, 0.05) is 16.8 Å². The third kappa shape index (κ3) is 5.10. The van der Waals surface area contributed by atoms with Crippen LogP contribution in [0.4, 0.5) is 14.9 Å². The van der Waals surface area contributed by atoms with E-state index in [1.165, 1.54) is 37.5 Å². The Bertz CT molecular complexity index is 1270. The van der Waals surface area contributed by atoms with Gasteiger partial charge in [-0.15, -0.1) is 0 Å². The second-order valence-corrected chi connectivity index (χ2v) is 8.30. The van der Waals surface area contributed by atoms with E-state index in [9.17, 15) is 18.8 Å². The highest BCUT2D eigenvalue weighted by Crippen LogP contribution is 2.36. The molecule has 0 radical (unpaired) electrons. The Balaban J connectivity index is 1.47. The van der Waals surface area contributed by atoms with Gasteiger partial charge in [-0.25, -0.2) is 4.39 Å². The highest BCUT2D eigenvalue weighted by molar-refractivity contribution is 8.18. The first-order chi connectivity index (χ1) is 15.8. The average molecular weight is 487 g/mol. The molecule has 10 heteroatoms. The van der Waals surface area contributed by atoms with Crippen LogP contribution in [0.3, 0.4) is 0 Å². The molecule has 0 unspecified atom stereocenters. The Hall–Kier alpha value is -3.56. The van der Waals surface area contributed by atoms with Crippen molar-refractivity contribution in [3.63, 3.8) is 0 Å². The highest BCUT2D eigenvalue weighted by atomic mass is 35.5. The number of carbonyl (C=O) groups excluding carboxylic acids is 3. The number of anilines is 1. The Morgan fingerprint density at radius 3 is 2.67 bits per heavy atom. The van der Waals surface area contributed by atoms with Crippen LogP contribution in [-0.2, 0) is 9.59 Å². The van der Waals surface area contributed by atoms with Gasteiger partial charge in [0.05, 0.1) is 17.6 Å². The Morgan fingerprint density at radius 1 is 1.18 bits per heavy atom. The van der Waals surface area contributed by atoms with Crippen molar-refractivity contribution in [2.45, 2.75) is 0 Å². The van der Waals surface area contributed by atoms with Crippen LogP contribution in [0.15, 0.2) is 63.9 Å². The number of hydrogen-bond donors (Lipinski definition) is 1. The standard InChI is InChI=1S/C23H16ClFN2O5S/c1-31-18-8-2-13(24)10-17(18)19-9-7-16(32-19)11-20-22(29)27(23(30)33-20)12-21(28)26-15-5-3-14(25)4-6-15/h2-11H,12H2,1H3,(H,26,28)/b20-11+. The lowest BCUT2D eigenvalue weighted by Crippen LogP contribution is -2.36. The summed E-state index contributed by atoms with van der Waals surface area (Å²) in [5, 5.41) is 2.44. The number of thioether (sulfide) groups is 1. The van der Waals surface area contributed by atoms with Gasteiger partial charge in [0.2, 0.25) is 5.91 Å². The maximum absolute atomic E-state index is 13.0. The minimum Gasteiger partial charge on any atom is -0.496 e. The SMILES string of the molecule is COc1ccc(Cl)cc1-c1ccc(/C=C2/SC(=O)N(CC(=O)Nc3ccc(F)cc3)C2=O)o1. The van der Waals surface area contributed by atoms with Crippen molar-refractivity contribution < 1.29 is 27.9 Å². The van der Waals surface area contributed by atoms with Crippen LogP contribution in [0.5, 0.6) is 5.75 Å². The first-order valence-electron chi connectivity index (χ1n) is 9.58. The molecule has 1 saturated heterocycles. The first kappa shape index (κ1) is 22.6. The minimum atomic E-state index is -0.613. The van der Waals surface area contributed by atoms with Crippen molar-refractivity contribution in [2.24, 2.45) is 0 Å². The Kier molecular flexibility index (Phi) is 6.52. The number of benzene rings is 2. The molecule has 33 heavy (non-hydrogen) atoms. The molecule has 0 saturated carbocycles. The van der Waals surface area contributed by atoms with Crippen molar-refractivity contribution in [1.29, 1.82) is 0 Å². The summed E-state index contributed by atoms with van der Waals surface area (Å²) >= 11 is 6.77. The smallest absolute Gasteiger partial charge is 0.294 e. The molecule has 0 bridgehead atoms. The molecule has 7 nitrogen and oxygen atoms in total. The molecular weight excluding hydrogens is 471 g/mol. The van der Waals surface area contributed by atoms with E-state index < -0.39 is 29.4 Å². The fourth-order valence-electron chi connectivity index (χ4n) is 3.09. The normalized spacial score (nSPS) is 14.8. The van der Waals surface area contributed by atoms with Crippen LogP contribution in [0, 0.1) is 5.82 Å². The Morgan fingerprint density at radius 2 is 1.94 bits per heavy atom.